The second kappa shape index (κ2) is 12.2. The summed E-state index contributed by atoms with van der Waals surface area (Å²) in [4.78, 5) is 27.9. The molecule has 2 amide bonds. The van der Waals surface area contributed by atoms with Gasteiger partial charge < -0.3 is 10.6 Å². The number of hydrogen-bond donors (Lipinski definition) is 2. The van der Waals surface area contributed by atoms with E-state index in [4.69, 9.17) is 0 Å². The molecule has 0 saturated heterocycles. The summed E-state index contributed by atoms with van der Waals surface area (Å²) >= 11 is 1.64. The van der Waals surface area contributed by atoms with Gasteiger partial charge in [0.15, 0.2) is 0 Å². The highest BCUT2D eigenvalue weighted by atomic mass is 32.2. The quantitative estimate of drug-likeness (QED) is 0.213. The number of nitrogens with one attached hydrogen (secondary N) is 2. The lowest BCUT2D eigenvalue weighted by molar-refractivity contribution is -0.115. The van der Waals surface area contributed by atoms with Crippen LogP contribution in [0, 0.1) is 0 Å². The number of anilines is 4. The van der Waals surface area contributed by atoms with E-state index in [9.17, 15) is 9.59 Å². The van der Waals surface area contributed by atoms with Gasteiger partial charge in [-0.1, -0.05) is 48.2 Å². The number of nitrogens with zero attached hydrogens (tertiary/aromatic N) is 4. The number of hydrazone groups is 2. The molecule has 0 radical (unpaired) electrons. The highest BCUT2D eigenvalue weighted by Gasteiger charge is 2.29. The molecule has 0 bridgehead atoms. The van der Waals surface area contributed by atoms with Crippen molar-refractivity contribution in [1.29, 1.82) is 0 Å². The minimum absolute atomic E-state index is 0.162. The first kappa shape index (κ1) is 27.7. The number of carbonyl (C=O) groups excluding carboxylic acids is 2. The summed E-state index contributed by atoms with van der Waals surface area (Å²) in [5, 5.41) is 18.1. The number of carbonyl (C=O) groups is 2. The molecule has 2 aliphatic heterocycles. The molecule has 0 saturated carbocycles. The third-order valence-electron chi connectivity index (χ3n) is 6.84. The SMILES string of the molecule is CC1=NN(c2ccccc2)C(=O)/C1=C\Nc1ccc(Sc2ccc(N/C=C3/C(=O)N(c4ccccc4)N=C3C)cc2)cc1. The number of rotatable bonds is 8. The van der Waals surface area contributed by atoms with E-state index in [2.05, 4.69) is 20.8 Å². The van der Waals surface area contributed by atoms with Crippen LogP contribution in [0.1, 0.15) is 13.8 Å². The largest absolute Gasteiger partial charge is 0.361 e. The summed E-state index contributed by atoms with van der Waals surface area (Å²) in [6.07, 6.45) is 3.41. The Balaban J connectivity index is 1.04. The molecule has 8 nitrogen and oxygen atoms in total. The Morgan fingerprint density at radius 1 is 0.558 bits per heavy atom. The van der Waals surface area contributed by atoms with Gasteiger partial charge in [-0.2, -0.15) is 20.2 Å². The fourth-order valence-corrected chi connectivity index (χ4v) is 5.36. The molecule has 2 heterocycles. The molecule has 9 heteroatoms. The molecule has 6 rings (SSSR count). The van der Waals surface area contributed by atoms with Crippen molar-refractivity contribution in [3.8, 4) is 0 Å². The fraction of sp³-hybridized carbons (Fsp3) is 0.0588. The van der Waals surface area contributed by atoms with E-state index in [0.717, 1.165) is 32.5 Å². The van der Waals surface area contributed by atoms with Gasteiger partial charge in [0.1, 0.15) is 0 Å². The van der Waals surface area contributed by atoms with Crippen LogP contribution in [0.15, 0.2) is 153 Å². The minimum atomic E-state index is -0.162. The smallest absolute Gasteiger partial charge is 0.282 e. The first-order chi connectivity index (χ1) is 21.0. The van der Waals surface area contributed by atoms with E-state index < -0.39 is 0 Å². The van der Waals surface area contributed by atoms with Crippen molar-refractivity contribution in [2.75, 3.05) is 20.7 Å². The van der Waals surface area contributed by atoms with Crippen molar-refractivity contribution >= 4 is 57.7 Å². The van der Waals surface area contributed by atoms with Crippen LogP contribution in [-0.4, -0.2) is 23.2 Å². The monoisotopic (exact) mass is 584 g/mol. The van der Waals surface area contributed by atoms with E-state index in [0.29, 0.717) is 22.6 Å². The molecule has 2 N–H and O–H groups in total. The Morgan fingerprint density at radius 2 is 0.930 bits per heavy atom. The van der Waals surface area contributed by atoms with Gasteiger partial charge in [-0.3, -0.25) is 9.59 Å². The lowest BCUT2D eigenvalue weighted by Gasteiger charge is -2.11. The molecule has 0 aromatic heterocycles. The maximum atomic E-state index is 12.9. The summed E-state index contributed by atoms with van der Waals surface area (Å²) in [6, 6.07) is 34.8. The van der Waals surface area contributed by atoms with Gasteiger partial charge in [0.25, 0.3) is 11.8 Å². The molecule has 43 heavy (non-hydrogen) atoms. The van der Waals surface area contributed by atoms with Gasteiger partial charge >= 0.3 is 0 Å². The van der Waals surface area contributed by atoms with Gasteiger partial charge in [0.05, 0.1) is 33.9 Å². The zero-order valence-corrected chi connectivity index (χ0v) is 24.4. The van der Waals surface area contributed by atoms with Crippen molar-refractivity contribution in [2.24, 2.45) is 10.2 Å². The number of benzene rings is 4. The van der Waals surface area contributed by atoms with Crippen molar-refractivity contribution in [3.05, 3.63) is 133 Å². The summed E-state index contributed by atoms with van der Waals surface area (Å²) in [6.45, 7) is 3.66. The van der Waals surface area contributed by atoms with Crippen LogP contribution < -0.4 is 20.7 Å². The maximum Gasteiger partial charge on any atom is 0.282 e. The van der Waals surface area contributed by atoms with Crippen LogP contribution in [0.3, 0.4) is 0 Å². The Kier molecular flexibility index (Phi) is 7.88. The predicted molar refractivity (Wildman–Crippen MR) is 174 cm³/mol. The molecule has 0 aliphatic carbocycles. The average molecular weight is 585 g/mol. The fourth-order valence-electron chi connectivity index (χ4n) is 4.54. The number of amides is 2. The van der Waals surface area contributed by atoms with Crippen molar-refractivity contribution in [1.82, 2.24) is 0 Å². The van der Waals surface area contributed by atoms with Crippen LogP contribution in [0.5, 0.6) is 0 Å². The number of hydrogen-bond acceptors (Lipinski definition) is 7. The molecule has 212 valence electrons. The maximum absolute atomic E-state index is 12.9. The zero-order valence-electron chi connectivity index (χ0n) is 23.6. The van der Waals surface area contributed by atoms with Gasteiger partial charge in [0.2, 0.25) is 0 Å². The van der Waals surface area contributed by atoms with E-state index >= 15 is 0 Å². The van der Waals surface area contributed by atoms with Crippen LogP contribution >= 0.6 is 11.8 Å². The number of para-hydroxylation sites is 2. The molecule has 4 aromatic carbocycles. The molecule has 4 aromatic rings. The van der Waals surface area contributed by atoms with Gasteiger partial charge in [0, 0.05) is 33.6 Å². The average Bonchev–Trinajstić information content (AvgIpc) is 3.49. The molecule has 0 atom stereocenters. The van der Waals surface area contributed by atoms with Crippen LogP contribution in [0.2, 0.25) is 0 Å². The van der Waals surface area contributed by atoms with E-state index in [1.165, 1.54) is 10.0 Å². The lowest BCUT2D eigenvalue weighted by Crippen LogP contribution is -2.21. The Labute approximate surface area is 254 Å². The van der Waals surface area contributed by atoms with E-state index in [1.807, 2.05) is 123 Å². The van der Waals surface area contributed by atoms with Gasteiger partial charge in [-0.25, -0.2) is 0 Å². The van der Waals surface area contributed by atoms with E-state index in [1.54, 1.807) is 24.2 Å². The van der Waals surface area contributed by atoms with Gasteiger partial charge in [-0.05, 0) is 86.6 Å². The lowest BCUT2D eigenvalue weighted by atomic mass is 10.2. The minimum Gasteiger partial charge on any atom is -0.361 e. The predicted octanol–water partition coefficient (Wildman–Crippen LogP) is 7.27. The second-order valence-corrected chi connectivity index (χ2v) is 11.0. The molecule has 0 unspecified atom stereocenters. The van der Waals surface area contributed by atoms with Gasteiger partial charge in [-0.15, -0.1) is 0 Å². The normalized spacial score (nSPS) is 16.6. The molecular formula is C34H28N6O2S. The Bertz CT molecular complexity index is 1650. The van der Waals surface area contributed by atoms with Crippen molar-refractivity contribution < 1.29 is 9.59 Å². The summed E-state index contributed by atoms with van der Waals surface area (Å²) in [7, 11) is 0. The highest BCUT2D eigenvalue weighted by molar-refractivity contribution is 7.99. The van der Waals surface area contributed by atoms with Crippen LogP contribution in [0.25, 0.3) is 0 Å². The first-order valence-electron chi connectivity index (χ1n) is 13.7. The van der Waals surface area contributed by atoms with E-state index in [-0.39, 0.29) is 11.8 Å². The summed E-state index contributed by atoms with van der Waals surface area (Å²) in [5.74, 6) is -0.324. The third kappa shape index (κ3) is 6.12. The van der Waals surface area contributed by atoms with Crippen LogP contribution in [-0.2, 0) is 9.59 Å². The summed E-state index contributed by atoms with van der Waals surface area (Å²) in [5.41, 5.74) is 5.59. The molecule has 0 spiro atoms. The topological polar surface area (TPSA) is 89.4 Å². The molecule has 0 fully saturated rings. The summed E-state index contributed by atoms with van der Waals surface area (Å²) < 4.78 is 0. The Hall–Kier alpha value is -5.41. The molecular weight excluding hydrogens is 556 g/mol. The first-order valence-corrected chi connectivity index (χ1v) is 14.5. The van der Waals surface area contributed by atoms with Crippen LogP contribution in [0.4, 0.5) is 22.7 Å². The standard InChI is InChI=1S/C34H28N6O2S/c1-23-31(33(41)39(37-23)27-9-5-3-6-10-27)21-35-25-13-17-29(18-14-25)43-30-19-15-26(16-20-30)36-22-32-24(2)38-40(34(32)42)28-11-7-4-8-12-28/h3-22,35-36H,1-2H3/b31-21-,32-22+. The highest BCUT2D eigenvalue weighted by Crippen LogP contribution is 2.30. The van der Waals surface area contributed by atoms with Crippen molar-refractivity contribution in [3.63, 3.8) is 0 Å². The second-order valence-electron chi connectivity index (χ2n) is 9.83. The third-order valence-corrected chi connectivity index (χ3v) is 7.85. The Morgan fingerprint density at radius 3 is 1.30 bits per heavy atom. The zero-order chi connectivity index (χ0) is 29.8. The van der Waals surface area contributed by atoms with Crippen molar-refractivity contribution in [2.45, 2.75) is 23.6 Å². The molecule has 2 aliphatic rings.